The highest BCUT2D eigenvalue weighted by Gasteiger charge is 2.13. The largest absolute Gasteiger partial charge is 0.488 e. The van der Waals surface area contributed by atoms with Gasteiger partial charge >= 0.3 is 0 Å². The summed E-state index contributed by atoms with van der Waals surface area (Å²) < 4.78 is 19.1. The zero-order valence-corrected chi connectivity index (χ0v) is 12.1. The Labute approximate surface area is 124 Å². The quantitative estimate of drug-likeness (QED) is 0.922. The van der Waals surface area contributed by atoms with E-state index >= 15 is 0 Å². The van der Waals surface area contributed by atoms with Gasteiger partial charge in [-0.2, -0.15) is 0 Å². The molecule has 0 spiro atoms. The lowest BCUT2D eigenvalue weighted by Gasteiger charge is -2.14. The van der Waals surface area contributed by atoms with Crippen molar-refractivity contribution in [1.29, 1.82) is 0 Å². The first kappa shape index (κ1) is 14.1. The van der Waals surface area contributed by atoms with Crippen LogP contribution in [0.15, 0.2) is 36.4 Å². The van der Waals surface area contributed by atoms with Gasteiger partial charge in [-0.1, -0.05) is 18.2 Å². The molecule has 2 aromatic carbocycles. The molecule has 0 radical (unpaired) electrons. The van der Waals surface area contributed by atoms with Crippen LogP contribution in [0.25, 0.3) is 0 Å². The Bertz CT molecular complexity index is 650. The molecule has 0 unspecified atom stereocenters. The SMILES string of the molecule is C[C@H](O)c1ccc(F)cc1OCc1ccc2c(c1)CCC2. The molecule has 0 amide bonds. The van der Waals surface area contributed by atoms with Crippen LogP contribution in [0.4, 0.5) is 4.39 Å². The van der Waals surface area contributed by atoms with Crippen molar-refractivity contribution in [2.24, 2.45) is 0 Å². The van der Waals surface area contributed by atoms with Gasteiger partial charge < -0.3 is 9.84 Å². The maximum absolute atomic E-state index is 13.4. The van der Waals surface area contributed by atoms with Gasteiger partial charge in [-0.25, -0.2) is 4.39 Å². The van der Waals surface area contributed by atoms with Crippen LogP contribution in [-0.2, 0) is 19.4 Å². The monoisotopic (exact) mass is 286 g/mol. The number of aliphatic hydroxyl groups is 1. The fourth-order valence-electron chi connectivity index (χ4n) is 2.85. The zero-order valence-electron chi connectivity index (χ0n) is 12.1. The highest BCUT2D eigenvalue weighted by atomic mass is 19.1. The fraction of sp³-hybridized carbons (Fsp3) is 0.333. The molecule has 1 N–H and O–H groups in total. The van der Waals surface area contributed by atoms with Crippen molar-refractivity contribution in [2.75, 3.05) is 0 Å². The summed E-state index contributed by atoms with van der Waals surface area (Å²) in [5.74, 6) is 0.0499. The fourth-order valence-corrected chi connectivity index (χ4v) is 2.85. The second kappa shape index (κ2) is 5.86. The van der Waals surface area contributed by atoms with E-state index in [1.54, 1.807) is 13.0 Å². The number of fused-ring (bicyclic) bond motifs is 1. The van der Waals surface area contributed by atoms with Crippen LogP contribution < -0.4 is 4.74 Å². The van der Waals surface area contributed by atoms with E-state index in [4.69, 9.17) is 4.74 Å². The summed E-state index contributed by atoms with van der Waals surface area (Å²) >= 11 is 0. The summed E-state index contributed by atoms with van der Waals surface area (Å²) in [5, 5.41) is 9.72. The Hall–Kier alpha value is -1.87. The smallest absolute Gasteiger partial charge is 0.128 e. The van der Waals surface area contributed by atoms with Crippen LogP contribution in [0.3, 0.4) is 0 Å². The molecular formula is C18H19FO2. The molecule has 0 bridgehead atoms. The van der Waals surface area contributed by atoms with E-state index in [2.05, 4.69) is 18.2 Å². The molecule has 0 heterocycles. The standard InChI is InChI=1S/C18H19FO2/c1-12(20)17-8-7-16(19)10-18(17)21-11-13-5-6-14-3-2-4-15(14)9-13/h5-10,12,20H,2-4,11H2,1H3/t12-/m0/s1. The predicted molar refractivity (Wildman–Crippen MR) is 79.8 cm³/mol. The van der Waals surface area contributed by atoms with Crippen LogP contribution in [0.1, 0.15) is 41.7 Å². The summed E-state index contributed by atoms with van der Waals surface area (Å²) in [5.41, 5.74) is 4.51. The molecule has 2 aromatic rings. The van der Waals surface area contributed by atoms with E-state index < -0.39 is 6.10 Å². The van der Waals surface area contributed by atoms with E-state index in [1.807, 2.05) is 0 Å². The molecule has 0 fully saturated rings. The van der Waals surface area contributed by atoms with Crippen molar-refractivity contribution in [3.05, 3.63) is 64.5 Å². The van der Waals surface area contributed by atoms with Gasteiger partial charge in [-0.05, 0) is 55.0 Å². The van der Waals surface area contributed by atoms with Gasteiger partial charge in [-0.3, -0.25) is 0 Å². The molecule has 0 saturated carbocycles. The van der Waals surface area contributed by atoms with Crippen molar-refractivity contribution in [3.63, 3.8) is 0 Å². The molecule has 1 aliphatic rings. The summed E-state index contributed by atoms with van der Waals surface area (Å²) in [7, 11) is 0. The minimum Gasteiger partial charge on any atom is -0.488 e. The normalized spacial score (nSPS) is 14.8. The Kier molecular flexibility index (Phi) is 3.93. The maximum Gasteiger partial charge on any atom is 0.128 e. The average Bonchev–Trinajstić information content (AvgIpc) is 2.92. The van der Waals surface area contributed by atoms with Crippen molar-refractivity contribution in [1.82, 2.24) is 0 Å². The van der Waals surface area contributed by atoms with Gasteiger partial charge in [0.2, 0.25) is 0 Å². The molecule has 3 rings (SSSR count). The van der Waals surface area contributed by atoms with Crippen LogP contribution in [0.5, 0.6) is 5.75 Å². The molecule has 1 aliphatic carbocycles. The van der Waals surface area contributed by atoms with Gasteiger partial charge in [-0.15, -0.1) is 0 Å². The third-order valence-corrected chi connectivity index (χ3v) is 3.98. The number of rotatable bonds is 4. The van der Waals surface area contributed by atoms with Gasteiger partial charge in [0, 0.05) is 11.6 Å². The van der Waals surface area contributed by atoms with Crippen LogP contribution in [0, 0.1) is 5.82 Å². The Morgan fingerprint density at radius 3 is 2.76 bits per heavy atom. The first-order valence-electron chi connectivity index (χ1n) is 7.34. The number of hydrogen-bond acceptors (Lipinski definition) is 2. The number of halogens is 1. The topological polar surface area (TPSA) is 29.5 Å². The van der Waals surface area contributed by atoms with E-state index in [0.717, 1.165) is 18.4 Å². The molecule has 110 valence electrons. The molecular weight excluding hydrogens is 267 g/mol. The maximum atomic E-state index is 13.4. The van der Waals surface area contributed by atoms with E-state index in [9.17, 15) is 9.50 Å². The lowest BCUT2D eigenvalue weighted by Crippen LogP contribution is -2.02. The Balaban J connectivity index is 1.77. The summed E-state index contributed by atoms with van der Waals surface area (Å²) in [4.78, 5) is 0. The third-order valence-electron chi connectivity index (χ3n) is 3.98. The molecule has 21 heavy (non-hydrogen) atoms. The van der Waals surface area contributed by atoms with Gasteiger partial charge in [0.05, 0.1) is 6.10 Å². The number of aryl methyl sites for hydroxylation is 2. The minimum atomic E-state index is -0.680. The third kappa shape index (κ3) is 3.08. The molecule has 0 aromatic heterocycles. The average molecular weight is 286 g/mol. The predicted octanol–water partition coefficient (Wildman–Crippen LogP) is 3.95. The van der Waals surface area contributed by atoms with Crippen LogP contribution >= 0.6 is 0 Å². The first-order chi connectivity index (χ1) is 10.1. The number of aliphatic hydroxyl groups excluding tert-OH is 1. The Morgan fingerprint density at radius 2 is 1.95 bits per heavy atom. The summed E-state index contributed by atoms with van der Waals surface area (Å²) in [6.45, 7) is 2.03. The zero-order chi connectivity index (χ0) is 14.8. The number of ether oxygens (including phenoxy) is 1. The van der Waals surface area contributed by atoms with Crippen molar-refractivity contribution in [2.45, 2.75) is 38.9 Å². The second-order valence-electron chi connectivity index (χ2n) is 5.60. The van der Waals surface area contributed by atoms with E-state index in [1.165, 1.54) is 29.7 Å². The van der Waals surface area contributed by atoms with Gasteiger partial charge in [0.25, 0.3) is 0 Å². The van der Waals surface area contributed by atoms with E-state index in [-0.39, 0.29) is 5.82 Å². The second-order valence-corrected chi connectivity index (χ2v) is 5.60. The van der Waals surface area contributed by atoms with Crippen molar-refractivity contribution < 1.29 is 14.2 Å². The molecule has 0 saturated heterocycles. The highest BCUT2D eigenvalue weighted by Crippen LogP contribution is 2.28. The molecule has 1 atom stereocenters. The van der Waals surface area contributed by atoms with Crippen LogP contribution in [0.2, 0.25) is 0 Å². The lowest BCUT2D eigenvalue weighted by atomic mass is 10.1. The van der Waals surface area contributed by atoms with Crippen molar-refractivity contribution in [3.8, 4) is 5.75 Å². The van der Waals surface area contributed by atoms with E-state index in [0.29, 0.717) is 17.9 Å². The summed E-state index contributed by atoms with van der Waals surface area (Å²) in [6.07, 6.45) is 2.82. The highest BCUT2D eigenvalue weighted by molar-refractivity contribution is 5.37. The van der Waals surface area contributed by atoms with Gasteiger partial charge in [0.15, 0.2) is 0 Å². The number of hydrogen-bond donors (Lipinski definition) is 1. The lowest BCUT2D eigenvalue weighted by molar-refractivity contribution is 0.190. The number of benzene rings is 2. The molecule has 3 heteroatoms. The molecule has 2 nitrogen and oxygen atoms in total. The first-order valence-corrected chi connectivity index (χ1v) is 7.34. The minimum absolute atomic E-state index is 0.358. The van der Waals surface area contributed by atoms with Crippen molar-refractivity contribution >= 4 is 0 Å². The van der Waals surface area contributed by atoms with Crippen LogP contribution in [-0.4, -0.2) is 5.11 Å². The van der Waals surface area contributed by atoms with Gasteiger partial charge in [0.1, 0.15) is 18.2 Å². The Morgan fingerprint density at radius 1 is 1.14 bits per heavy atom. The summed E-state index contributed by atoms with van der Waals surface area (Å²) in [6, 6.07) is 10.6. The molecule has 0 aliphatic heterocycles.